The summed E-state index contributed by atoms with van der Waals surface area (Å²) in [6.07, 6.45) is 3.96. The second-order valence-electron chi connectivity index (χ2n) is 3.65. The predicted octanol–water partition coefficient (Wildman–Crippen LogP) is 2.28. The molecule has 3 heteroatoms. The van der Waals surface area contributed by atoms with Crippen molar-refractivity contribution in [2.45, 2.75) is 26.2 Å². The smallest absolute Gasteiger partial charge is 0.329 e. The van der Waals surface area contributed by atoms with Crippen LogP contribution in [0.1, 0.15) is 24.5 Å². The van der Waals surface area contributed by atoms with Crippen LogP contribution >= 0.6 is 0 Å². The number of aliphatic carboxylic acids is 1. The van der Waals surface area contributed by atoms with E-state index >= 15 is 0 Å². The molecular weight excluding hydrogens is 204 g/mol. The standard InChI is InChI=1S/C9H10.C4H8O3/c1-2-5-9-7-3-6-8(9)4-1;1-2-7-3-4(5)6/h1-2,4-5H,3,6-7H2;2-3H2,1H3,(H,5,6). The number of ether oxygens (including phenoxy) is 1. The summed E-state index contributed by atoms with van der Waals surface area (Å²) in [5.74, 6) is -0.915. The van der Waals surface area contributed by atoms with E-state index in [1.54, 1.807) is 18.1 Å². The highest BCUT2D eigenvalue weighted by atomic mass is 16.5. The fourth-order valence-electron chi connectivity index (χ4n) is 1.70. The summed E-state index contributed by atoms with van der Waals surface area (Å²) in [7, 11) is 0. The van der Waals surface area contributed by atoms with E-state index in [1.807, 2.05) is 0 Å². The maximum absolute atomic E-state index is 9.63. The molecule has 0 atom stereocenters. The quantitative estimate of drug-likeness (QED) is 0.853. The highest BCUT2D eigenvalue weighted by molar-refractivity contribution is 5.67. The van der Waals surface area contributed by atoms with Gasteiger partial charge < -0.3 is 9.84 Å². The van der Waals surface area contributed by atoms with Crippen LogP contribution in [0.15, 0.2) is 24.3 Å². The van der Waals surface area contributed by atoms with Crippen LogP contribution in [0, 0.1) is 0 Å². The zero-order chi connectivity index (χ0) is 11.8. The summed E-state index contributed by atoms with van der Waals surface area (Å²) >= 11 is 0. The minimum absolute atomic E-state index is 0.184. The van der Waals surface area contributed by atoms with Crippen molar-refractivity contribution in [3.05, 3.63) is 35.4 Å². The Labute approximate surface area is 96.1 Å². The summed E-state index contributed by atoms with van der Waals surface area (Å²) in [6.45, 7) is 2.03. The number of carboxylic acids is 1. The normalized spacial score (nSPS) is 12.6. The van der Waals surface area contributed by atoms with E-state index in [0.717, 1.165) is 0 Å². The highest BCUT2D eigenvalue weighted by Gasteiger charge is 2.07. The van der Waals surface area contributed by atoms with E-state index in [4.69, 9.17) is 5.11 Å². The Balaban J connectivity index is 0.000000168. The van der Waals surface area contributed by atoms with Crippen molar-refractivity contribution in [2.24, 2.45) is 0 Å². The molecule has 1 aliphatic carbocycles. The molecule has 0 saturated heterocycles. The first-order chi connectivity index (χ1) is 7.74. The summed E-state index contributed by atoms with van der Waals surface area (Å²) < 4.78 is 4.50. The van der Waals surface area contributed by atoms with Gasteiger partial charge in [-0.15, -0.1) is 0 Å². The third-order valence-electron chi connectivity index (χ3n) is 2.44. The number of hydrogen-bond acceptors (Lipinski definition) is 2. The first-order valence-electron chi connectivity index (χ1n) is 5.60. The lowest BCUT2D eigenvalue weighted by atomic mass is 10.1. The zero-order valence-corrected chi connectivity index (χ0v) is 9.61. The van der Waals surface area contributed by atoms with Crippen LogP contribution in [0.3, 0.4) is 0 Å². The lowest BCUT2D eigenvalue weighted by molar-refractivity contribution is -0.142. The number of carboxylic acid groups (broad SMARTS) is 1. The van der Waals surface area contributed by atoms with Gasteiger partial charge in [-0.2, -0.15) is 0 Å². The molecule has 1 aliphatic rings. The molecule has 88 valence electrons. The van der Waals surface area contributed by atoms with Crippen LogP contribution < -0.4 is 0 Å². The Morgan fingerprint density at radius 3 is 2.25 bits per heavy atom. The Morgan fingerprint density at radius 1 is 1.31 bits per heavy atom. The molecule has 1 aromatic carbocycles. The van der Waals surface area contributed by atoms with Gasteiger partial charge in [-0.05, 0) is 37.3 Å². The Morgan fingerprint density at radius 2 is 1.88 bits per heavy atom. The van der Waals surface area contributed by atoms with E-state index in [-0.39, 0.29) is 6.61 Å². The van der Waals surface area contributed by atoms with Gasteiger partial charge in [-0.25, -0.2) is 4.79 Å². The largest absolute Gasteiger partial charge is 0.480 e. The van der Waals surface area contributed by atoms with Crippen molar-refractivity contribution in [3.8, 4) is 0 Å². The lowest BCUT2D eigenvalue weighted by Crippen LogP contribution is -2.05. The lowest BCUT2D eigenvalue weighted by Gasteiger charge is -1.93. The van der Waals surface area contributed by atoms with Crippen molar-refractivity contribution in [3.63, 3.8) is 0 Å². The molecular formula is C13H18O3. The number of carbonyl (C=O) groups is 1. The van der Waals surface area contributed by atoms with E-state index in [9.17, 15) is 4.79 Å². The average molecular weight is 222 g/mol. The number of fused-ring (bicyclic) bond motifs is 1. The molecule has 1 N–H and O–H groups in total. The molecule has 0 aliphatic heterocycles. The molecule has 0 unspecified atom stereocenters. The third kappa shape index (κ3) is 4.45. The molecule has 0 amide bonds. The molecule has 0 aromatic heterocycles. The summed E-state index contributed by atoms with van der Waals surface area (Å²) in [4.78, 5) is 9.63. The van der Waals surface area contributed by atoms with E-state index in [0.29, 0.717) is 6.61 Å². The zero-order valence-electron chi connectivity index (χ0n) is 9.61. The van der Waals surface area contributed by atoms with Gasteiger partial charge in [0.25, 0.3) is 0 Å². The molecule has 2 rings (SSSR count). The van der Waals surface area contributed by atoms with Crippen molar-refractivity contribution in [2.75, 3.05) is 13.2 Å². The number of aryl methyl sites for hydroxylation is 2. The van der Waals surface area contributed by atoms with E-state index in [1.165, 1.54) is 19.3 Å². The maximum Gasteiger partial charge on any atom is 0.329 e. The molecule has 0 fully saturated rings. The maximum atomic E-state index is 9.63. The van der Waals surface area contributed by atoms with Crippen molar-refractivity contribution >= 4 is 5.97 Å². The van der Waals surface area contributed by atoms with Crippen molar-refractivity contribution in [1.29, 1.82) is 0 Å². The topological polar surface area (TPSA) is 46.5 Å². The second-order valence-corrected chi connectivity index (χ2v) is 3.65. The number of hydrogen-bond donors (Lipinski definition) is 1. The second kappa shape index (κ2) is 7.01. The van der Waals surface area contributed by atoms with Gasteiger partial charge >= 0.3 is 5.97 Å². The van der Waals surface area contributed by atoms with Crippen LogP contribution in [0.25, 0.3) is 0 Å². The van der Waals surface area contributed by atoms with E-state index < -0.39 is 5.97 Å². The van der Waals surface area contributed by atoms with E-state index in [2.05, 4.69) is 29.0 Å². The molecule has 0 bridgehead atoms. The molecule has 0 radical (unpaired) electrons. The average Bonchev–Trinajstić information content (AvgIpc) is 2.75. The molecule has 0 heterocycles. The van der Waals surface area contributed by atoms with Crippen LogP contribution in [0.5, 0.6) is 0 Å². The molecule has 0 saturated carbocycles. The Kier molecular flexibility index (Phi) is 5.57. The highest BCUT2D eigenvalue weighted by Crippen LogP contribution is 2.20. The fourth-order valence-corrected chi connectivity index (χ4v) is 1.70. The van der Waals surface area contributed by atoms with Crippen LogP contribution in [-0.4, -0.2) is 24.3 Å². The monoisotopic (exact) mass is 222 g/mol. The summed E-state index contributed by atoms with van der Waals surface area (Å²) in [5, 5.41) is 7.92. The Hall–Kier alpha value is -1.35. The minimum atomic E-state index is -0.915. The van der Waals surface area contributed by atoms with Crippen molar-refractivity contribution in [1.82, 2.24) is 0 Å². The van der Waals surface area contributed by atoms with Crippen LogP contribution in [0.4, 0.5) is 0 Å². The molecule has 1 aromatic rings. The minimum Gasteiger partial charge on any atom is -0.480 e. The third-order valence-corrected chi connectivity index (χ3v) is 2.44. The molecule has 3 nitrogen and oxygen atoms in total. The van der Waals surface area contributed by atoms with Crippen molar-refractivity contribution < 1.29 is 14.6 Å². The van der Waals surface area contributed by atoms with Gasteiger partial charge in [0.05, 0.1) is 0 Å². The predicted molar refractivity (Wildman–Crippen MR) is 62.6 cm³/mol. The van der Waals surface area contributed by atoms with Gasteiger partial charge in [0.15, 0.2) is 0 Å². The summed E-state index contributed by atoms with van der Waals surface area (Å²) in [5.41, 5.74) is 3.13. The van der Waals surface area contributed by atoms with Gasteiger partial charge in [0, 0.05) is 6.61 Å². The molecule has 16 heavy (non-hydrogen) atoms. The Bertz CT molecular complexity index is 311. The number of rotatable bonds is 3. The number of benzene rings is 1. The first-order valence-corrected chi connectivity index (χ1v) is 5.60. The van der Waals surface area contributed by atoms with Crippen LogP contribution in [-0.2, 0) is 22.4 Å². The van der Waals surface area contributed by atoms with Gasteiger partial charge in [0.2, 0.25) is 0 Å². The van der Waals surface area contributed by atoms with Gasteiger partial charge in [0.1, 0.15) is 6.61 Å². The van der Waals surface area contributed by atoms with Gasteiger partial charge in [-0.1, -0.05) is 24.3 Å². The van der Waals surface area contributed by atoms with Gasteiger partial charge in [-0.3, -0.25) is 0 Å². The SMILES string of the molecule is CCOCC(=O)O.c1ccc2c(c1)CCC2. The molecule has 0 spiro atoms. The fraction of sp³-hybridized carbons (Fsp3) is 0.462. The van der Waals surface area contributed by atoms with Crippen LogP contribution in [0.2, 0.25) is 0 Å². The summed E-state index contributed by atoms with van der Waals surface area (Å²) in [6, 6.07) is 8.74. The first kappa shape index (κ1) is 12.7.